The predicted molar refractivity (Wildman–Crippen MR) is 102 cm³/mol. The first-order valence-electron chi connectivity index (χ1n) is 10.3. The van der Waals surface area contributed by atoms with Gasteiger partial charge in [0.1, 0.15) is 6.61 Å². The van der Waals surface area contributed by atoms with Crippen molar-refractivity contribution in [2.75, 3.05) is 53.4 Å². The molecule has 0 spiro atoms. The van der Waals surface area contributed by atoms with Crippen LogP contribution in [0, 0.1) is 5.92 Å². The van der Waals surface area contributed by atoms with Crippen molar-refractivity contribution in [2.45, 2.75) is 30.8 Å². The number of rotatable bonds is 6. The minimum absolute atomic E-state index is 0.100. The number of nitrogens with zero attached hydrogens (tertiary/aromatic N) is 2. The maximum atomic E-state index is 13.0. The molecular formula is C21H28N2O5. The normalized spacial score (nSPS) is 32.6. The maximum absolute atomic E-state index is 13.0. The molecule has 5 aliphatic heterocycles. The molecule has 5 heterocycles. The summed E-state index contributed by atoms with van der Waals surface area (Å²) in [5, 5.41) is 0. The second kappa shape index (κ2) is 7.54. The largest absolute Gasteiger partial charge is 0.454 e. The van der Waals surface area contributed by atoms with Crippen LogP contribution >= 0.6 is 0 Å². The summed E-state index contributed by atoms with van der Waals surface area (Å²) in [6, 6.07) is 6.92. The van der Waals surface area contributed by atoms with Crippen LogP contribution in [0.25, 0.3) is 0 Å². The van der Waals surface area contributed by atoms with Gasteiger partial charge in [-0.05, 0) is 49.5 Å². The first kappa shape index (κ1) is 18.2. The first-order chi connectivity index (χ1) is 13.8. The molecule has 0 radical (unpaired) electrons. The van der Waals surface area contributed by atoms with E-state index in [1.807, 2.05) is 6.07 Å². The van der Waals surface area contributed by atoms with Crippen LogP contribution in [0.2, 0.25) is 0 Å². The summed E-state index contributed by atoms with van der Waals surface area (Å²) in [7, 11) is 1.64. The average molecular weight is 388 g/mol. The molecule has 4 saturated heterocycles. The van der Waals surface area contributed by atoms with Gasteiger partial charge in [-0.25, -0.2) is 0 Å². The van der Waals surface area contributed by atoms with Crippen LogP contribution in [0.4, 0.5) is 0 Å². The smallest absolute Gasteiger partial charge is 0.248 e. The Morgan fingerprint density at radius 3 is 2.79 bits per heavy atom. The van der Waals surface area contributed by atoms with Crippen LogP contribution in [0.15, 0.2) is 18.2 Å². The average Bonchev–Trinajstić information content (AvgIpc) is 3.37. The zero-order valence-electron chi connectivity index (χ0n) is 16.3. The molecule has 6 rings (SSSR count). The number of methoxy groups -OCH3 is 1. The lowest BCUT2D eigenvalue weighted by Gasteiger charge is -2.51. The van der Waals surface area contributed by atoms with Crippen molar-refractivity contribution in [2.24, 2.45) is 5.92 Å². The standard InChI is InChI=1S/C21H28N2O5/c1-25-8-9-26-12-19(24)23-11-16(15-2-3-17-18(10-15)28-13-27-17)21-20(23)14-4-6-22(21)7-5-14/h2-3,10,14,16,20-21H,4-9,11-13H2,1H3/t16-,20+,21+/m1/s1. The number of ether oxygens (including phenoxy) is 4. The summed E-state index contributed by atoms with van der Waals surface area (Å²) in [6.07, 6.45) is 2.37. The molecule has 2 bridgehead atoms. The number of hydrogen-bond acceptors (Lipinski definition) is 6. The van der Waals surface area contributed by atoms with Gasteiger partial charge in [0.2, 0.25) is 12.7 Å². The van der Waals surface area contributed by atoms with Crippen molar-refractivity contribution in [1.29, 1.82) is 0 Å². The van der Waals surface area contributed by atoms with Crippen molar-refractivity contribution >= 4 is 5.91 Å². The van der Waals surface area contributed by atoms with E-state index in [-0.39, 0.29) is 25.3 Å². The van der Waals surface area contributed by atoms with Gasteiger partial charge in [-0.1, -0.05) is 6.07 Å². The fourth-order valence-electron chi connectivity index (χ4n) is 5.53. The molecule has 1 aromatic carbocycles. The van der Waals surface area contributed by atoms with Gasteiger partial charge in [0.25, 0.3) is 0 Å². The summed E-state index contributed by atoms with van der Waals surface area (Å²) in [5.41, 5.74) is 1.24. The lowest BCUT2D eigenvalue weighted by Crippen LogP contribution is -2.61. The number of piperidine rings is 3. The molecule has 3 atom stereocenters. The molecule has 152 valence electrons. The Morgan fingerprint density at radius 1 is 1.14 bits per heavy atom. The molecule has 1 amide bonds. The highest BCUT2D eigenvalue weighted by Crippen LogP contribution is 2.47. The number of hydrogen-bond donors (Lipinski definition) is 0. The van der Waals surface area contributed by atoms with E-state index in [0.717, 1.165) is 31.1 Å². The van der Waals surface area contributed by atoms with Gasteiger partial charge in [0.15, 0.2) is 11.5 Å². The van der Waals surface area contributed by atoms with E-state index >= 15 is 0 Å². The fraction of sp³-hybridized carbons (Fsp3) is 0.667. The lowest BCUT2D eigenvalue weighted by atomic mass is 9.75. The third-order valence-electron chi connectivity index (χ3n) is 6.80. The van der Waals surface area contributed by atoms with E-state index in [9.17, 15) is 4.79 Å². The highest BCUT2D eigenvalue weighted by Gasteiger charge is 2.54. The topological polar surface area (TPSA) is 60.5 Å². The van der Waals surface area contributed by atoms with Crippen LogP contribution < -0.4 is 9.47 Å². The summed E-state index contributed by atoms with van der Waals surface area (Å²) in [5.74, 6) is 2.62. The molecule has 7 nitrogen and oxygen atoms in total. The number of benzene rings is 1. The van der Waals surface area contributed by atoms with Gasteiger partial charge in [-0.2, -0.15) is 0 Å². The third kappa shape index (κ3) is 3.06. The predicted octanol–water partition coefficient (Wildman–Crippen LogP) is 1.47. The van der Waals surface area contributed by atoms with Crippen molar-refractivity contribution in [3.05, 3.63) is 23.8 Å². The van der Waals surface area contributed by atoms with E-state index in [2.05, 4.69) is 21.9 Å². The Hall–Kier alpha value is -1.83. The van der Waals surface area contributed by atoms with Gasteiger partial charge in [0.05, 0.1) is 19.3 Å². The van der Waals surface area contributed by atoms with Gasteiger partial charge in [-0.3, -0.25) is 9.69 Å². The summed E-state index contributed by atoms with van der Waals surface area (Å²) >= 11 is 0. The molecule has 0 aliphatic carbocycles. The van der Waals surface area contributed by atoms with E-state index in [4.69, 9.17) is 18.9 Å². The Kier molecular flexibility index (Phi) is 4.90. The summed E-state index contributed by atoms with van der Waals surface area (Å²) < 4.78 is 21.6. The molecule has 1 aromatic rings. The van der Waals surface area contributed by atoms with Gasteiger partial charge >= 0.3 is 0 Å². The molecule has 28 heavy (non-hydrogen) atoms. The Bertz CT molecular complexity index is 734. The number of fused-ring (bicyclic) bond motifs is 3. The van der Waals surface area contributed by atoms with Crippen molar-refractivity contribution < 1.29 is 23.7 Å². The number of carbonyl (C=O) groups is 1. The minimum Gasteiger partial charge on any atom is -0.454 e. The zero-order chi connectivity index (χ0) is 19.1. The Labute approximate surface area is 165 Å². The van der Waals surface area contributed by atoms with E-state index in [1.54, 1.807) is 7.11 Å². The van der Waals surface area contributed by atoms with Crippen LogP contribution in [0.3, 0.4) is 0 Å². The highest BCUT2D eigenvalue weighted by atomic mass is 16.7. The second-order valence-corrected chi connectivity index (χ2v) is 8.17. The van der Waals surface area contributed by atoms with Crippen molar-refractivity contribution in [3.63, 3.8) is 0 Å². The molecule has 0 aromatic heterocycles. The van der Waals surface area contributed by atoms with Crippen LogP contribution in [0.1, 0.15) is 24.3 Å². The maximum Gasteiger partial charge on any atom is 0.248 e. The molecule has 0 saturated carbocycles. The molecule has 7 heteroatoms. The Morgan fingerprint density at radius 2 is 1.96 bits per heavy atom. The number of amides is 1. The quantitative estimate of drug-likeness (QED) is 0.688. The summed E-state index contributed by atoms with van der Waals surface area (Å²) in [4.78, 5) is 17.7. The zero-order valence-corrected chi connectivity index (χ0v) is 16.3. The van der Waals surface area contributed by atoms with Crippen LogP contribution in [0.5, 0.6) is 11.5 Å². The molecule has 4 fully saturated rings. The van der Waals surface area contributed by atoms with Gasteiger partial charge < -0.3 is 23.8 Å². The van der Waals surface area contributed by atoms with Crippen LogP contribution in [-0.4, -0.2) is 81.1 Å². The Balaban J connectivity index is 1.38. The van der Waals surface area contributed by atoms with Gasteiger partial charge in [0, 0.05) is 25.6 Å². The molecular weight excluding hydrogens is 360 g/mol. The van der Waals surface area contributed by atoms with E-state index in [1.165, 1.54) is 18.4 Å². The SMILES string of the molecule is COCCOCC(=O)N1C[C@H](c2ccc3c(c2)OCO3)[C@H]2[C@@H]1C1CCN2CC1. The third-order valence-corrected chi connectivity index (χ3v) is 6.80. The van der Waals surface area contributed by atoms with Crippen LogP contribution in [-0.2, 0) is 14.3 Å². The van der Waals surface area contributed by atoms with E-state index in [0.29, 0.717) is 31.1 Å². The minimum atomic E-state index is 0.100. The van der Waals surface area contributed by atoms with Gasteiger partial charge in [-0.15, -0.1) is 0 Å². The monoisotopic (exact) mass is 388 g/mol. The van der Waals surface area contributed by atoms with E-state index < -0.39 is 0 Å². The lowest BCUT2D eigenvalue weighted by molar-refractivity contribution is -0.141. The first-order valence-corrected chi connectivity index (χ1v) is 10.3. The molecule has 0 N–H and O–H groups in total. The summed E-state index contributed by atoms with van der Waals surface area (Å²) in [6.45, 7) is 4.40. The molecule has 0 unspecified atom stereocenters. The van der Waals surface area contributed by atoms with Crippen molar-refractivity contribution in [1.82, 2.24) is 9.80 Å². The number of carbonyl (C=O) groups excluding carboxylic acids is 1. The fourth-order valence-corrected chi connectivity index (χ4v) is 5.53. The molecule has 5 aliphatic rings. The van der Waals surface area contributed by atoms with Crippen molar-refractivity contribution in [3.8, 4) is 11.5 Å². The highest BCUT2D eigenvalue weighted by molar-refractivity contribution is 5.78. The second-order valence-electron chi connectivity index (χ2n) is 8.17. The number of likely N-dealkylation sites (tertiary alicyclic amines) is 1.